The summed E-state index contributed by atoms with van der Waals surface area (Å²) in [6, 6.07) is 18.1. The Hall–Kier alpha value is -2.77. The molecule has 166 valence electrons. The Morgan fingerprint density at radius 2 is 1.67 bits per heavy atom. The van der Waals surface area contributed by atoms with Crippen LogP contribution in [0.3, 0.4) is 0 Å². The molecule has 1 aliphatic heterocycles. The molecule has 1 fully saturated rings. The van der Waals surface area contributed by atoms with Crippen molar-refractivity contribution in [2.45, 2.75) is 6.54 Å². The van der Waals surface area contributed by atoms with Crippen molar-refractivity contribution >= 4 is 69.8 Å². The van der Waals surface area contributed by atoms with Gasteiger partial charge in [-0.1, -0.05) is 71.2 Å². The molecule has 0 aromatic heterocycles. The van der Waals surface area contributed by atoms with Gasteiger partial charge in [-0.05, 0) is 53.7 Å². The molecule has 0 N–H and O–H groups in total. The van der Waals surface area contributed by atoms with Gasteiger partial charge in [-0.2, -0.15) is 0 Å². The van der Waals surface area contributed by atoms with Gasteiger partial charge in [0.15, 0.2) is 0 Å². The minimum Gasteiger partial charge on any atom is -0.422 e. The monoisotopic (exact) mass is 517 g/mol. The smallest absolute Gasteiger partial charge is 0.345 e. The van der Waals surface area contributed by atoms with E-state index >= 15 is 0 Å². The average molecular weight is 519 g/mol. The molecule has 3 aromatic carbocycles. The van der Waals surface area contributed by atoms with Gasteiger partial charge in [-0.15, -0.1) is 0 Å². The second-order valence-corrected chi connectivity index (χ2v) is 9.15. The van der Waals surface area contributed by atoms with Gasteiger partial charge in [0.25, 0.3) is 11.1 Å². The van der Waals surface area contributed by atoms with Crippen molar-refractivity contribution in [2.24, 2.45) is 0 Å². The first-order valence-corrected chi connectivity index (χ1v) is 11.5. The Kier molecular flexibility index (Phi) is 7.10. The lowest BCUT2D eigenvalue weighted by Gasteiger charge is -2.13. The van der Waals surface area contributed by atoms with E-state index < -0.39 is 17.1 Å². The molecule has 1 heterocycles. The van der Waals surface area contributed by atoms with Crippen LogP contribution in [0.4, 0.5) is 4.79 Å². The molecule has 0 radical (unpaired) electrons. The highest BCUT2D eigenvalue weighted by molar-refractivity contribution is 8.18. The highest BCUT2D eigenvalue weighted by Crippen LogP contribution is 2.35. The van der Waals surface area contributed by atoms with Crippen LogP contribution < -0.4 is 4.74 Å². The average Bonchev–Trinajstić information content (AvgIpc) is 3.04. The SMILES string of the molecule is O=C(Oc1ccccc1/C=C1\SC(=O)N(Cc2ccccc2Cl)C1=O)c1ccc(Cl)cc1Cl. The molecular weight excluding hydrogens is 505 g/mol. The van der Waals surface area contributed by atoms with Crippen LogP contribution in [0.1, 0.15) is 21.5 Å². The van der Waals surface area contributed by atoms with Crippen molar-refractivity contribution < 1.29 is 19.1 Å². The third kappa shape index (κ3) is 5.25. The van der Waals surface area contributed by atoms with E-state index in [0.29, 0.717) is 21.2 Å². The number of carbonyl (C=O) groups is 3. The number of carbonyl (C=O) groups excluding carboxylic acids is 3. The molecular formula is C24H14Cl3NO4S. The zero-order chi connectivity index (χ0) is 23.5. The van der Waals surface area contributed by atoms with Crippen molar-refractivity contribution in [1.82, 2.24) is 4.90 Å². The van der Waals surface area contributed by atoms with Crippen LogP contribution in [0.25, 0.3) is 6.08 Å². The van der Waals surface area contributed by atoms with Gasteiger partial charge in [0, 0.05) is 15.6 Å². The van der Waals surface area contributed by atoms with Gasteiger partial charge >= 0.3 is 5.97 Å². The predicted molar refractivity (Wildman–Crippen MR) is 131 cm³/mol. The molecule has 0 saturated carbocycles. The first kappa shape index (κ1) is 23.4. The van der Waals surface area contributed by atoms with Gasteiger partial charge in [-0.25, -0.2) is 4.79 Å². The molecule has 9 heteroatoms. The summed E-state index contributed by atoms with van der Waals surface area (Å²) in [5.41, 5.74) is 1.27. The van der Waals surface area contributed by atoms with E-state index in [2.05, 4.69) is 0 Å². The number of para-hydroxylation sites is 1. The highest BCUT2D eigenvalue weighted by atomic mass is 35.5. The minimum absolute atomic E-state index is 0.0629. The molecule has 0 bridgehead atoms. The summed E-state index contributed by atoms with van der Waals surface area (Å²) in [6.45, 7) is 0.0629. The third-order valence-corrected chi connectivity index (χ3v) is 6.54. The molecule has 0 unspecified atom stereocenters. The lowest BCUT2D eigenvalue weighted by Crippen LogP contribution is -2.27. The highest BCUT2D eigenvalue weighted by Gasteiger charge is 2.35. The zero-order valence-electron chi connectivity index (χ0n) is 16.8. The standard InChI is InChI=1S/C24H14Cl3NO4S/c25-16-9-10-17(19(27)12-16)23(30)32-20-8-4-2-5-14(20)11-21-22(29)28(24(31)33-21)13-15-6-1-3-7-18(15)26/h1-12H,13H2/b21-11-. The lowest BCUT2D eigenvalue weighted by atomic mass is 10.1. The Balaban J connectivity index is 1.57. The number of esters is 1. The van der Waals surface area contributed by atoms with E-state index in [9.17, 15) is 14.4 Å². The summed E-state index contributed by atoms with van der Waals surface area (Å²) in [6.07, 6.45) is 1.52. The number of amides is 2. The van der Waals surface area contributed by atoms with Crippen LogP contribution >= 0.6 is 46.6 Å². The summed E-state index contributed by atoms with van der Waals surface area (Å²) in [5, 5.41) is 0.613. The van der Waals surface area contributed by atoms with Gasteiger partial charge in [0.1, 0.15) is 5.75 Å². The summed E-state index contributed by atoms with van der Waals surface area (Å²) >= 11 is 19.0. The van der Waals surface area contributed by atoms with Crippen LogP contribution in [0, 0.1) is 0 Å². The maximum atomic E-state index is 12.9. The largest absolute Gasteiger partial charge is 0.422 e. The molecule has 0 spiro atoms. The molecule has 2 amide bonds. The zero-order valence-corrected chi connectivity index (χ0v) is 19.8. The molecule has 33 heavy (non-hydrogen) atoms. The van der Waals surface area contributed by atoms with E-state index in [0.717, 1.165) is 16.7 Å². The maximum absolute atomic E-state index is 12.9. The topological polar surface area (TPSA) is 63.7 Å². The van der Waals surface area contributed by atoms with Crippen LogP contribution in [-0.2, 0) is 11.3 Å². The number of nitrogens with zero attached hydrogens (tertiary/aromatic N) is 1. The summed E-state index contributed by atoms with van der Waals surface area (Å²) in [4.78, 5) is 39.3. The van der Waals surface area contributed by atoms with E-state index in [1.54, 1.807) is 48.5 Å². The van der Waals surface area contributed by atoms with Crippen molar-refractivity contribution in [2.75, 3.05) is 0 Å². The number of halogens is 3. The fourth-order valence-corrected chi connectivity index (χ4v) is 4.59. The fraction of sp³-hybridized carbons (Fsp3) is 0.0417. The summed E-state index contributed by atoms with van der Waals surface area (Å²) in [5.74, 6) is -0.914. The van der Waals surface area contributed by atoms with E-state index in [-0.39, 0.29) is 27.8 Å². The van der Waals surface area contributed by atoms with Crippen molar-refractivity contribution in [3.8, 4) is 5.75 Å². The summed E-state index contributed by atoms with van der Waals surface area (Å²) < 4.78 is 5.52. The van der Waals surface area contributed by atoms with Crippen molar-refractivity contribution in [3.63, 3.8) is 0 Å². The predicted octanol–water partition coefficient (Wildman–Crippen LogP) is 7.10. The van der Waals surface area contributed by atoms with Crippen molar-refractivity contribution in [1.29, 1.82) is 0 Å². The van der Waals surface area contributed by atoms with E-state index in [4.69, 9.17) is 39.5 Å². The summed E-state index contributed by atoms with van der Waals surface area (Å²) in [7, 11) is 0. The van der Waals surface area contributed by atoms with Crippen LogP contribution in [0.15, 0.2) is 71.6 Å². The number of thioether (sulfide) groups is 1. The number of imide groups is 1. The van der Waals surface area contributed by atoms with Gasteiger partial charge in [-0.3, -0.25) is 14.5 Å². The Labute approximate surface area is 208 Å². The van der Waals surface area contributed by atoms with Crippen LogP contribution in [0.5, 0.6) is 5.75 Å². The number of rotatable bonds is 5. The second-order valence-electron chi connectivity index (χ2n) is 6.91. The molecule has 1 saturated heterocycles. The second kappa shape index (κ2) is 10.0. The first-order chi connectivity index (χ1) is 15.8. The molecule has 1 aliphatic rings. The number of hydrogen-bond acceptors (Lipinski definition) is 5. The normalized spacial score (nSPS) is 14.8. The Morgan fingerprint density at radius 1 is 0.939 bits per heavy atom. The quantitative estimate of drug-likeness (QED) is 0.205. The number of benzene rings is 3. The minimum atomic E-state index is -0.677. The van der Waals surface area contributed by atoms with Gasteiger partial charge in [0.2, 0.25) is 0 Å². The Morgan fingerprint density at radius 3 is 2.42 bits per heavy atom. The molecule has 5 nitrogen and oxygen atoms in total. The van der Waals surface area contributed by atoms with Crippen LogP contribution in [-0.4, -0.2) is 22.0 Å². The molecule has 4 rings (SSSR count). The first-order valence-electron chi connectivity index (χ1n) is 9.58. The number of hydrogen-bond donors (Lipinski definition) is 0. The number of ether oxygens (including phenoxy) is 1. The Bertz CT molecular complexity index is 1310. The molecule has 0 aliphatic carbocycles. The third-order valence-electron chi connectivity index (χ3n) is 4.72. The molecule has 0 atom stereocenters. The lowest BCUT2D eigenvalue weighted by molar-refractivity contribution is -0.123. The van der Waals surface area contributed by atoms with Gasteiger partial charge in [0.05, 0.1) is 22.0 Å². The fourth-order valence-electron chi connectivity index (χ4n) is 3.08. The molecule has 3 aromatic rings. The van der Waals surface area contributed by atoms with E-state index in [1.165, 1.54) is 24.3 Å². The van der Waals surface area contributed by atoms with Crippen LogP contribution in [0.2, 0.25) is 15.1 Å². The maximum Gasteiger partial charge on any atom is 0.345 e. The van der Waals surface area contributed by atoms with Crippen molar-refractivity contribution in [3.05, 3.63) is 103 Å². The van der Waals surface area contributed by atoms with E-state index in [1.807, 2.05) is 0 Å². The van der Waals surface area contributed by atoms with Gasteiger partial charge < -0.3 is 4.74 Å².